The Bertz CT molecular complexity index is 1320. The number of halogens is 1. The van der Waals surface area contributed by atoms with Gasteiger partial charge in [-0.1, -0.05) is 54.1 Å². The lowest BCUT2D eigenvalue weighted by Gasteiger charge is -2.18. The minimum Gasteiger partial charge on any atom is -0.254 e. The lowest BCUT2D eigenvalue weighted by Crippen LogP contribution is -2.39. The number of hydrogen-bond acceptors (Lipinski definition) is 5. The van der Waals surface area contributed by atoms with E-state index in [0.717, 1.165) is 16.8 Å². The Balaban J connectivity index is 1.61. The second kappa shape index (κ2) is 9.09. The van der Waals surface area contributed by atoms with Crippen molar-refractivity contribution < 1.29 is 8.42 Å². The maximum absolute atomic E-state index is 12.8. The molecule has 32 heavy (non-hydrogen) atoms. The minimum absolute atomic E-state index is 0.0135. The summed E-state index contributed by atoms with van der Waals surface area (Å²) in [5.74, 6) is -0.102. The van der Waals surface area contributed by atoms with Crippen LogP contribution < -0.4 is 4.72 Å². The first-order valence-corrected chi connectivity index (χ1v) is 11.9. The van der Waals surface area contributed by atoms with Crippen molar-refractivity contribution in [2.45, 2.75) is 10.8 Å². The standard InChI is InChI=1S/C23H17ClN4O2S2/c24-19-10-8-18(9-11-19)22-21(17-4-2-1-3-5-17)15-28(26-22)23(31)27-32(29,30)20-12-6-16(14-25)7-13-20/h1-13,21H,15H2,(H,27,31). The van der Waals surface area contributed by atoms with Gasteiger partial charge >= 0.3 is 0 Å². The van der Waals surface area contributed by atoms with Crippen LogP contribution in [-0.2, 0) is 10.0 Å². The molecule has 0 saturated heterocycles. The largest absolute Gasteiger partial charge is 0.263 e. The van der Waals surface area contributed by atoms with Crippen molar-refractivity contribution in [3.05, 3.63) is 101 Å². The maximum Gasteiger partial charge on any atom is 0.263 e. The van der Waals surface area contributed by atoms with E-state index < -0.39 is 10.0 Å². The Hall–Kier alpha value is -3.25. The van der Waals surface area contributed by atoms with Crippen LogP contribution in [0.1, 0.15) is 22.6 Å². The summed E-state index contributed by atoms with van der Waals surface area (Å²) in [4.78, 5) is 0.0135. The average molecular weight is 481 g/mol. The van der Waals surface area contributed by atoms with Gasteiger partial charge in [0.1, 0.15) is 0 Å². The number of benzene rings is 3. The summed E-state index contributed by atoms with van der Waals surface area (Å²) in [7, 11) is -3.92. The molecule has 4 rings (SSSR count). The molecular weight excluding hydrogens is 464 g/mol. The van der Waals surface area contributed by atoms with Gasteiger partial charge in [-0.25, -0.2) is 13.4 Å². The molecule has 1 aliphatic rings. The van der Waals surface area contributed by atoms with E-state index in [1.54, 1.807) is 12.1 Å². The predicted octanol–water partition coefficient (Wildman–Crippen LogP) is 4.28. The van der Waals surface area contributed by atoms with Gasteiger partial charge in [-0.3, -0.25) is 4.72 Å². The fourth-order valence-electron chi connectivity index (χ4n) is 3.39. The smallest absolute Gasteiger partial charge is 0.254 e. The third kappa shape index (κ3) is 4.65. The molecule has 0 spiro atoms. The van der Waals surface area contributed by atoms with Gasteiger partial charge in [-0.05, 0) is 59.7 Å². The molecule has 0 aliphatic carbocycles. The number of nitrogens with zero attached hydrogens (tertiary/aromatic N) is 3. The van der Waals surface area contributed by atoms with Gasteiger partial charge in [-0.2, -0.15) is 10.4 Å². The number of rotatable bonds is 4. The summed E-state index contributed by atoms with van der Waals surface area (Å²) >= 11 is 11.4. The predicted molar refractivity (Wildman–Crippen MR) is 128 cm³/mol. The molecule has 0 radical (unpaired) electrons. The molecule has 0 aromatic heterocycles. The van der Waals surface area contributed by atoms with E-state index in [2.05, 4.69) is 9.82 Å². The molecule has 6 nitrogen and oxygen atoms in total. The molecule has 3 aromatic carbocycles. The van der Waals surface area contributed by atoms with Gasteiger partial charge in [0.2, 0.25) is 5.11 Å². The van der Waals surface area contributed by atoms with Crippen LogP contribution >= 0.6 is 23.8 Å². The van der Waals surface area contributed by atoms with E-state index in [1.807, 2.05) is 48.5 Å². The van der Waals surface area contributed by atoms with E-state index in [1.165, 1.54) is 29.3 Å². The average Bonchev–Trinajstić information content (AvgIpc) is 3.26. The summed E-state index contributed by atoms with van der Waals surface area (Å²) in [5.41, 5.74) is 3.06. The summed E-state index contributed by atoms with van der Waals surface area (Å²) in [6, 6.07) is 24.7. The van der Waals surface area contributed by atoms with Crippen molar-refractivity contribution in [2.24, 2.45) is 5.10 Å². The highest BCUT2D eigenvalue weighted by Gasteiger charge is 2.32. The Morgan fingerprint density at radius 2 is 1.72 bits per heavy atom. The molecule has 0 saturated carbocycles. The number of hydrogen-bond donors (Lipinski definition) is 1. The van der Waals surface area contributed by atoms with Crippen molar-refractivity contribution in [2.75, 3.05) is 6.54 Å². The quantitative estimate of drug-likeness (QED) is 0.563. The van der Waals surface area contributed by atoms with Crippen molar-refractivity contribution in [3.63, 3.8) is 0 Å². The van der Waals surface area contributed by atoms with Gasteiger partial charge in [-0.15, -0.1) is 0 Å². The van der Waals surface area contributed by atoms with Crippen LogP contribution in [0.4, 0.5) is 0 Å². The first kappa shape index (κ1) is 22.0. The molecule has 1 atom stereocenters. The number of nitrogens with one attached hydrogen (secondary N) is 1. The van der Waals surface area contributed by atoms with Crippen molar-refractivity contribution >= 4 is 44.7 Å². The number of thiocarbonyl (C=S) groups is 1. The third-order valence-corrected chi connectivity index (χ3v) is 7.05. The summed E-state index contributed by atoms with van der Waals surface area (Å²) in [5, 5.41) is 15.6. The van der Waals surface area contributed by atoms with Crippen LogP contribution in [-0.4, -0.2) is 30.8 Å². The highest BCUT2D eigenvalue weighted by atomic mass is 35.5. The van der Waals surface area contributed by atoms with Crippen LogP contribution in [0.15, 0.2) is 88.9 Å². The molecule has 160 valence electrons. The van der Waals surface area contributed by atoms with E-state index in [-0.39, 0.29) is 15.9 Å². The third-order valence-electron chi connectivity index (χ3n) is 5.01. The summed E-state index contributed by atoms with van der Waals surface area (Å²) in [6.07, 6.45) is 0. The number of nitriles is 1. The topological polar surface area (TPSA) is 85.6 Å². The molecule has 1 N–H and O–H groups in total. The van der Waals surface area contributed by atoms with Crippen LogP contribution in [0.3, 0.4) is 0 Å². The molecular formula is C23H17ClN4O2S2. The number of hydrazone groups is 1. The van der Waals surface area contributed by atoms with Crippen LogP contribution in [0.5, 0.6) is 0 Å². The van der Waals surface area contributed by atoms with Crippen molar-refractivity contribution in [1.82, 2.24) is 9.73 Å². The zero-order valence-corrected chi connectivity index (χ0v) is 19.0. The Morgan fingerprint density at radius 1 is 1.06 bits per heavy atom. The first-order valence-electron chi connectivity index (χ1n) is 9.61. The number of sulfonamides is 1. The van der Waals surface area contributed by atoms with Gasteiger partial charge in [0.15, 0.2) is 0 Å². The molecule has 0 fully saturated rings. The summed E-state index contributed by atoms with van der Waals surface area (Å²) in [6.45, 7) is 0.386. The molecule has 9 heteroatoms. The normalized spacial score (nSPS) is 15.7. The Morgan fingerprint density at radius 3 is 2.34 bits per heavy atom. The SMILES string of the molecule is N#Cc1ccc(S(=O)(=O)NC(=S)N2CC(c3ccccc3)C(c3ccc(Cl)cc3)=N2)cc1. The van der Waals surface area contributed by atoms with Crippen molar-refractivity contribution in [1.29, 1.82) is 5.26 Å². The second-order valence-electron chi connectivity index (χ2n) is 7.08. The Labute approximate surface area is 196 Å². The van der Waals surface area contributed by atoms with Gasteiger partial charge in [0.25, 0.3) is 10.0 Å². The highest BCUT2D eigenvalue weighted by Crippen LogP contribution is 2.29. The monoisotopic (exact) mass is 480 g/mol. The lowest BCUT2D eigenvalue weighted by molar-refractivity contribution is 0.472. The van der Waals surface area contributed by atoms with Gasteiger partial charge < -0.3 is 0 Å². The molecule has 0 bridgehead atoms. The zero-order chi connectivity index (χ0) is 22.7. The first-order chi connectivity index (χ1) is 15.4. The molecule has 3 aromatic rings. The fourth-order valence-corrected chi connectivity index (χ4v) is 4.91. The van der Waals surface area contributed by atoms with E-state index >= 15 is 0 Å². The molecule has 0 amide bonds. The zero-order valence-electron chi connectivity index (χ0n) is 16.6. The van der Waals surface area contributed by atoms with Gasteiger partial charge in [0, 0.05) is 10.9 Å². The van der Waals surface area contributed by atoms with Crippen LogP contribution in [0.2, 0.25) is 5.02 Å². The lowest BCUT2D eigenvalue weighted by atomic mass is 9.91. The Kier molecular flexibility index (Phi) is 6.24. The van der Waals surface area contributed by atoms with Crippen LogP contribution in [0, 0.1) is 11.3 Å². The van der Waals surface area contributed by atoms with Gasteiger partial charge in [0.05, 0.1) is 28.8 Å². The minimum atomic E-state index is -3.92. The van der Waals surface area contributed by atoms with Crippen molar-refractivity contribution in [3.8, 4) is 6.07 Å². The van der Waals surface area contributed by atoms with E-state index in [0.29, 0.717) is 17.1 Å². The fraction of sp³-hybridized carbons (Fsp3) is 0.0870. The molecule has 1 aliphatic heterocycles. The summed E-state index contributed by atoms with van der Waals surface area (Å²) < 4.78 is 28.0. The van der Waals surface area contributed by atoms with Crippen LogP contribution in [0.25, 0.3) is 0 Å². The van der Waals surface area contributed by atoms with E-state index in [9.17, 15) is 8.42 Å². The second-order valence-corrected chi connectivity index (χ2v) is 9.59. The maximum atomic E-state index is 12.8. The van der Waals surface area contributed by atoms with E-state index in [4.69, 9.17) is 29.1 Å². The highest BCUT2D eigenvalue weighted by molar-refractivity contribution is 7.91. The molecule has 1 unspecified atom stereocenters. The molecule has 1 heterocycles.